The molecule has 0 radical (unpaired) electrons. The van der Waals surface area contributed by atoms with Gasteiger partial charge < -0.3 is 9.26 Å². The zero-order valence-electron chi connectivity index (χ0n) is 25.4. The van der Waals surface area contributed by atoms with Crippen molar-refractivity contribution in [1.82, 2.24) is 0 Å². The van der Waals surface area contributed by atoms with Gasteiger partial charge >= 0.3 is 0 Å². The van der Waals surface area contributed by atoms with Gasteiger partial charge in [0.05, 0.1) is 7.11 Å². The predicted molar refractivity (Wildman–Crippen MR) is 163 cm³/mol. The SMILES string of the molecule is COc1ccc(P(Oc2c(C(C)(C)C)cc(C(C)(C)C)cc2C(C)(C)C)c2c(C)cc(C)cc2C)cc1. The fraction of sp³-hybridized carbons (Fsp3) is 0.471. The van der Waals surface area contributed by atoms with Crippen LogP contribution >= 0.6 is 8.15 Å². The van der Waals surface area contributed by atoms with Crippen molar-refractivity contribution >= 4 is 18.8 Å². The van der Waals surface area contributed by atoms with Crippen LogP contribution in [0.3, 0.4) is 0 Å². The summed E-state index contributed by atoms with van der Waals surface area (Å²) < 4.78 is 12.8. The van der Waals surface area contributed by atoms with Crippen LogP contribution in [0.15, 0.2) is 48.5 Å². The van der Waals surface area contributed by atoms with Crippen molar-refractivity contribution in [2.45, 2.75) is 99.3 Å². The van der Waals surface area contributed by atoms with E-state index in [2.05, 4.69) is 119 Å². The van der Waals surface area contributed by atoms with E-state index in [9.17, 15) is 0 Å². The first-order valence-electron chi connectivity index (χ1n) is 13.3. The largest absolute Gasteiger partial charge is 0.497 e. The van der Waals surface area contributed by atoms with Gasteiger partial charge in [-0.15, -0.1) is 0 Å². The molecule has 37 heavy (non-hydrogen) atoms. The van der Waals surface area contributed by atoms with E-state index < -0.39 is 8.15 Å². The van der Waals surface area contributed by atoms with Crippen LogP contribution in [0.25, 0.3) is 0 Å². The van der Waals surface area contributed by atoms with Crippen molar-refractivity contribution in [2.24, 2.45) is 0 Å². The molecule has 0 aliphatic heterocycles. The number of methoxy groups -OCH3 is 1. The van der Waals surface area contributed by atoms with Gasteiger partial charge in [0.1, 0.15) is 11.5 Å². The van der Waals surface area contributed by atoms with Gasteiger partial charge in [-0.1, -0.05) is 92.1 Å². The van der Waals surface area contributed by atoms with E-state index in [1.165, 1.54) is 44.0 Å². The predicted octanol–water partition coefficient (Wildman–Crippen LogP) is 8.94. The highest BCUT2D eigenvalue weighted by Crippen LogP contribution is 2.49. The molecule has 200 valence electrons. The molecule has 0 fully saturated rings. The van der Waals surface area contributed by atoms with E-state index in [0.29, 0.717) is 0 Å². The molecule has 0 N–H and O–H groups in total. The standard InChI is InChI=1S/C34H47O2P/c1-22-18-23(2)31(24(3)19-22)37(27-16-14-26(35-13)15-17-27)36-30-28(33(7,8)9)20-25(32(4,5)6)21-29(30)34(10,11)12/h14-21H,1-13H3. The maximum Gasteiger partial charge on any atom is 0.151 e. The van der Waals surface area contributed by atoms with E-state index in [1.54, 1.807) is 7.11 Å². The van der Waals surface area contributed by atoms with Crippen molar-refractivity contribution in [3.8, 4) is 11.5 Å². The fourth-order valence-corrected chi connectivity index (χ4v) is 6.83. The zero-order valence-corrected chi connectivity index (χ0v) is 26.3. The van der Waals surface area contributed by atoms with Crippen LogP contribution in [0.2, 0.25) is 0 Å². The van der Waals surface area contributed by atoms with Crippen molar-refractivity contribution in [1.29, 1.82) is 0 Å². The molecule has 1 atom stereocenters. The third kappa shape index (κ3) is 6.58. The summed E-state index contributed by atoms with van der Waals surface area (Å²) in [7, 11) is 0.594. The summed E-state index contributed by atoms with van der Waals surface area (Å²) >= 11 is 0. The lowest BCUT2D eigenvalue weighted by atomic mass is 9.75. The summed E-state index contributed by atoms with van der Waals surface area (Å²) in [5.74, 6) is 1.89. The van der Waals surface area contributed by atoms with Gasteiger partial charge in [0, 0.05) is 21.7 Å². The minimum atomic E-state index is -1.12. The first-order chi connectivity index (χ1) is 16.9. The van der Waals surface area contributed by atoms with Gasteiger partial charge in [-0.2, -0.15) is 0 Å². The van der Waals surface area contributed by atoms with Crippen LogP contribution in [0.5, 0.6) is 11.5 Å². The molecule has 0 amide bonds. The maximum absolute atomic E-state index is 7.37. The lowest BCUT2D eigenvalue weighted by Crippen LogP contribution is -2.25. The topological polar surface area (TPSA) is 18.5 Å². The average Bonchev–Trinajstić information content (AvgIpc) is 2.75. The maximum atomic E-state index is 7.37. The lowest BCUT2D eigenvalue weighted by molar-refractivity contribution is 0.415. The molecule has 0 saturated heterocycles. The van der Waals surface area contributed by atoms with Gasteiger partial charge in [0.25, 0.3) is 0 Å². The number of rotatable bonds is 5. The molecule has 3 rings (SSSR count). The molecule has 0 heterocycles. The van der Waals surface area contributed by atoms with Crippen LogP contribution in [0.4, 0.5) is 0 Å². The Morgan fingerprint density at radius 3 is 1.46 bits per heavy atom. The Morgan fingerprint density at radius 2 is 1.08 bits per heavy atom. The molecule has 3 aromatic carbocycles. The molecule has 0 bridgehead atoms. The van der Waals surface area contributed by atoms with Crippen LogP contribution in [-0.2, 0) is 16.2 Å². The Bertz CT molecular complexity index is 1190. The third-order valence-corrected chi connectivity index (χ3v) is 9.14. The summed E-state index contributed by atoms with van der Waals surface area (Å²) in [5, 5.41) is 2.48. The molecule has 3 aromatic rings. The lowest BCUT2D eigenvalue weighted by Gasteiger charge is -2.35. The summed E-state index contributed by atoms with van der Waals surface area (Å²) in [6, 6.07) is 17.8. The molecule has 2 nitrogen and oxygen atoms in total. The van der Waals surface area contributed by atoms with Crippen molar-refractivity contribution in [3.63, 3.8) is 0 Å². The highest BCUT2D eigenvalue weighted by Gasteiger charge is 2.33. The quantitative estimate of drug-likeness (QED) is 0.314. The highest BCUT2D eigenvalue weighted by atomic mass is 31.1. The first-order valence-corrected chi connectivity index (χ1v) is 14.6. The minimum absolute atomic E-state index is 0.0450. The zero-order chi connectivity index (χ0) is 27.9. The van der Waals surface area contributed by atoms with Gasteiger partial charge in [-0.3, -0.25) is 0 Å². The molecule has 1 unspecified atom stereocenters. The second-order valence-corrected chi connectivity index (χ2v) is 15.2. The Kier molecular flexibility index (Phi) is 8.26. The van der Waals surface area contributed by atoms with Crippen LogP contribution in [0, 0.1) is 20.8 Å². The Labute approximate surface area is 227 Å². The second-order valence-electron chi connectivity index (χ2n) is 13.5. The van der Waals surface area contributed by atoms with E-state index in [4.69, 9.17) is 9.26 Å². The summed E-state index contributed by atoms with van der Waals surface area (Å²) in [4.78, 5) is 0. The van der Waals surface area contributed by atoms with Gasteiger partial charge in [0.2, 0.25) is 0 Å². The number of benzene rings is 3. The molecule has 0 aliphatic carbocycles. The molecule has 0 saturated carbocycles. The fourth-order valence-electron chi connectivity index (χ4n) is 4.80. The number of aryl methyl sites for hydroxylation is 3. The van der Waals surface area contributed by atoms with Crippen LogP contribution in [0.1, 0.15) is 95.7 Å². The van der Waals surface area contributed by atoms with E-state index in [-0.39, 0.29) is 16.2 Å². The van der Waals surface area contributed by atoms with Crippen LogP contribution in [-0.4, -0.2) is 7.11 Å². The van der Waals surface area contributed by atoms with Crippen LogP contribution < -0.4 is 19.9 Å². The van der Waals surface area contributed by atoms with E-state index in [0.717, 1.165) is 11.5 Å². The average molecular weight is 519 g/mol. The van der Waals surface area contributed by atoms with Gasteiger partial charge in [-0.05, 0) is 78.0 Å². The molecular weight excluding hydrogens is 471 g/mol. The Morgan fingerprint density at radius 1 is 0.622 bits per heavy atom. The Balaban J connectivity index is 2.37. The number of hydrogen-bond acceptors (Lipinski definition) is 2. The monoisotopic (exact) mass is 518 g/mol. The van der Waals surface area contributed by atoms with Crippen molar-refractivity contribution < 1.29 is 9.26 Å². The highest BCUT2D eigenvalue weighted by molar-refractivity contribution is 7.69. The molecular formula is C34H47O2P. The number of ether oxygens (including phenoxy) is 1. The second kappa shape index (κ2) is 10.5. The van der Waals surface area contributed by atoms with Crippen molar-refractivity contribution in [2.75, 3.05) is 7.11 Å². The molecule has 0 aliphatic rings. The summed E-state index contributed by atoms with van der Waals surface area (Å²) in [5.41, 5.74) is 7.63. The third-order valence-electron chi connectivity index (χ3n) is 6.90. The molecule has 3 heteroatoms. The normalized spacial score (nSPS) is 13.4. The van der Waals surface area contributed by atoms with E-state index in [1.807, 2.05) is 12.1 Å². The Hall–Kier alpha value is -2.31. The number of hydrogen-bond donors (Lipinski definition) is 0. The van der Waals surface area contributed by atoms with Crippen molar-refractivity contribution in [3.05, 3.63) is 81.9 Å². The molecule has 0 aromatic heterocycles. The smallest absolute Gasteiger partial charge is 0.151 e. The van der Waals surface area contributed by atoms with E-state index >= 15 is 0 Å². The minimum Gasteiger partial charge on any atom is -0.497 e. The first kappa shape index (κ1) is 29.2. The summed E-state index contributed by atoms with van der Waals surface area (Å²) in [6.45, 7) is 27.3. The molecule has 0 spiro atoms. The van der Waals surface area contributed by atoms with Gasteiger partial charge in [0.15, 0.2) is 8.15 Å². The van der Waals surface area contributed by atoms with Gasteiger partial charge in [-0.25, -0.2) is 0 Å². The summed E-state index contributed by atoms with van der Waals surface area (Å²) in [6.07, 6.45) is 0.